The highest BCUT2D eigenvalue weighted by atomic mass is 32.1. The molecule has 0 aliphatic heterocycles. The molecule has 2 heterocycles. The number of hydrogen-bond donors (Lipinski definition) is 1. The number of hydrogen-bond acceptors (Lipinski definition) is 6. The van der Waals surface area contributed by atoms with Gasteiger partial charge in [-0.2, -0.15) is 5.10 Å². The molecule has 104 valence electrons. The molecule has 2 rings (SSSR count). The predicted molar refractivity (Wildman–Crippen MR) is 74.5 cm³/mol. The van der Waals surface area contributed by atoms with E-state index in [1.807, 2.05) is 11.6 Å². The molecular weight excluding hydrogens is 262 g/mol. The maximum absolute atomic E-state index is 6.39. The second-order valence-electron chi connectivity index (χ2n) is 4.55. The molecule has 0 aromatic carbocycles. The molecule has 0 amide bonds. The van der Waals surface area contributed by atoms with Crippen molar-refractivity contribution in [3.63, 3.8) is 0 Å². The van der Waals surface area contributed by atoms with Gasteiger partial charge in [0.2, 0.25) is 0 Å². The average molecular weight is 281 g/mol. The van der Waals surface area contributed by atoms with Gasteiger partial charge in [-0.05, 0) is 31.8 Å². The van der Waals surface area contributed by atoms with E-state index in [4.69, 9.17) is 10.5 Å². The zero-order chi connectivity index (χ0) is 14.0. The lowest BCUT2D eigenvalue weighted by molar-refractivity contribution is 0.401. The fourth-order valence-electron chi connectivity index (χ4n) is 2.04. The zero-order valence-electron chi connectivity index (χ0n) is 11.6. The van der Waals surface area contributed by atoms with Gasteiger partial charge in [0.05, 0.1) is 29.9 Å². The monoisotopic (exact) mass is 281 g/mol. The lowest BCUT2D eigenvalue weighted by atomic mass is 10.1. The summed E-state index contributed by atoms with van der Waals surface area (Å²) in [6.45, 7) is 6.17. The number of aryl methyl sites for hydroxylation is 1. The molecule has 0 aliphatic rings. The number of aromatic nitrogens is 4. The normalized spacial score (nSPS) is 12.9. The topological polar surface area (TPSA) is 78.8 Å². The van der Waals surface area contributed by atoms with Crippen LogP contribution in [0.2, 0.25) is 0 Å². The molecule has 7 heteroatoms. The van der Waals surface area contributed by atoms with Gasteiger partial charge in [-0.15, -0.1) is 5.10 Å². The van der Waals surface area contributed by atoms with Crippen LogP contribution in [0.1, 0.15) is 49.1 Å². The molecule has 2 aromatic heterocycles. The summed E-state index contributed by atoms with van der Waals surface area (Å²) >= 11 is 1.34. The maximum Gasteiger partial charge on any atom is 0.161 e. The Bertz CT molecular complexity index is 548. The van der Waals surface area contributed by atoms with Crippen LogP contribution in [0, 0.1) is 0 Å². The maximum atomic E-state index is 6.39. The van der Waals surface area contributed by atoms with Gasteiger partial charge >= 0.3 is 0 Å². The quantitative estimate of drug-likeness (QED) is 0.906. The number of ether oxygens (including phenoxy) is 1. The largest absolute Gasteiger partial charge is 0.493 e. The molecule has 2 aromatic rings. The number of nitrogens with two attached hydrogens (primary N) is 1. The Morgan fingerprint density at radius 1 is 1.47 bits per heavy atom. The summed E-state index contributed by atoms with van der Waals surface area (Å²) in [5.74, 6) is 0.705. The highest BCUT2D eigenvalue weighted by Crippen LogP contribution is 2.32. The molecule has 6 nitrogen and oxygen atoms in total. The SMILES string of the molecule is CCc1nnsc1C(N)c1c(OC)cnn1C(C)C. The minimum atomic E-state index is -0.310. The second-order valence-corrected chi connectivity index (χ2v) is 5.34. The molecule has 1 atom stereocenters. The third kappa shape index (κ3) is 2.48. The van der Waals surface area contributed by atoms with E-state index in [-0.39, 0.29) is 12.1 Å². The van der Waals surface area contributed by atoms with Crippen molar-refractivity contribution in [3.8, 4) is 5.75 Å². The van der Waals surface area contributed by atoms with Gasteiger partial charge in [0.25, 0.3) is 0 Å². The van der Waals surface area contributed by atoms with Crippen molar-refractivity contribution in [1.82, 2.24) is 19.4 Å². The van der Waals surface area contributed by atoms with Crippen molar-refractivity contribution in [2.45, 2.75) is 39.3 Å². The Hall–Kier alpha value is -1.47. The van der Waals surface area contributed by atoms with Gasteiger partial charge in [0.1, 0.15) is 5.69 Å². The van der Waals surface area contributed by atoms with Crippen LogP contribution < -0.4 is 10.5 Å². The van der Waals surface area contributed by atoms with Gasteiger partial charge < -0.3 is 10.5 Å². The van der Waals surface area contributed by atoms with Gasteiger partial charge in [0, 0.05) is 6.04 Å². The summed E-state index contributed by atoms with van der Waals surface area (Å²) in [6, 6.07) is -0.0919. The first-order valence-corrected chi connectivity index (χ1v) is 7.05. The van der Waals surface area contributed by atoms with Crippen LogP contribution in [0.5, 0.6) is 5.75 Å². The molecular formula is C12H19N5OS. The first-order chi connectivity index (χ1) is 9.10. The van der Waals surface area contributed by atoms with Crippen LogP contribution in [-0.2, 0) is 6.42 Å². The van der Waals surface area contributed by atoms with E-state index < -0.39 is 0 Å². The smallest absolute Gasteiger partial charge is 0.161 e. The number of nitrogens with zero attached hydrogens (tertiary/aromatic N) is 4. The number of rotatable bonds is 5. The Morgan fingerprint density at radius 3 is 2.79 bits per heavy atom. The molecule has 0 spiro atoms. The summed E-state index contributed by atoms with van der Waals surface area (Å²) in [4.78, 5) is 0.975. The van der Waals surface area contributed by atoms with Crippen LogP contribution in [-0.4, -0.2) is 26.5 Å². The van der Waals surface area contributed by atoms with E-state index in [1.54, 1.807) is 13.3 Å². The van der Waals surface area contributed by atoms with Gasteiger partial charge in [-0.3, -0.25) is 4.68 Å². The highest BCUT2D eigenvalue weighted by molar-refractivity contribution is 7.05. The fraction of sp³-hybridized carbons (Fsp3) is 0.583. The van der Waals surface area contributed by atoms with Crippen LogP contribution >= 0.6 is 11.5 Å². The standard InChI is InChI=1S/C12H19N5OS/c1-5-8-12(19-16-15-8)10(13)11-9(18-4)6-14-17(11)7(2)3/h6-7,10H,5,13H2,1-4H3. The van der Waals surface area contributed by atoms with E-state index in [0.717, 1.165) is 22.7 Å². The van der Waals surface area contributed by atoms with Crippen molar-refractivity contribution in [2.24, 2.45) is 5.73 Å². The molecule has 2 N–H and O–H groups in total. The lowest BCUT2D eigenvalue weighted by Gasteiger charge is -2.17. The fourth-order valence-corrected chi connectivity index (χ4v) is 2.78. The summed E-state index contributed by atoms with van der Waals surface area (Å²) in [6.07, 6.45) is 2.52. The highest BCUT2D eigenvalue weighted by Gasteiger charge is 2.25. The summed E-state index contributed by atoms with van der Waals surface area (Å²) in [5, 5.41) is 8.46. The van der Waals surface area contributed by atoms with Crippen LogP contribution in [0.3, 0.4) is 0 Å². The summed E-state index contributed by atoms with van der Waals surface area (Å²) < 4.78 is 11.3. The molecule has 19 heavy (non-hydrogen) atoms. The number of methoxy groups -OCH3 is 1. The molecule has 0 bridgehead atoms. The molecule has 1 unspecified atom stereocenters. The van der Waals surface area contributed by atoms with E-state index in [1.165, 1.54) is 11.5 Å². The van der Waals surface area contributed by atoms with Crippen molar-refractivity contribution in [2.75, 3.05) is 7.11 Å². The minimum absolute atomic E-state index is 0.218. The third-order valence-corrected chi connectivity index (χ3v) is 3.85. The molecule has 0 saturated carbocycles. The van der Waals surface area contributed by atoms with E-state index >= 15 is 0 Å². The van der Waals surface area contributed by atoms with Crippen LogP contribution in [0.25, 0.3) is 0 Å². The third-order valence-electron chi connectivity index (χ3n) is 3.00. The average Bonchev–Trinajstić information content (AvgIpc) is 3.03. The summed E-state index contributed by atoms with van der Waals surface area (Å²) in [7, 11) is 1.63. The first kappa shape index (κ1) is 14.0. The van der Waals surface area contributed by atoms with Crippen molar-refractivity contribution in [3.05, 3.63) is 22.5 Å². The van der Waals surface area contributed by atoms with Crippen LogP contribution in [0.15, 0.2) is 6.20 Å². The first-order valence-electron chi connectivity index (χ1n) is 6.28. The predicted octanol–water partition coefficient (Wildman–Crippen LogP) is 1.93. The second kappa shape index (κ2) is 5.66. The molecule has 0 fully saturated rings. The molecule has 0 saturated heterocycles. The Kier molecular flexibility index (Phi) is 4.16. The summed E-state index contributed by atoms with van der Waals surface area (Å²) in [5.41, 5.74) is 8.20. The van der Waals surface area contributed by atoms with Crippen molar-refractivity contribution >= 4 is 11.5 Å². The van der Waals surface area contributed by atoms with Crippen molar-refractivity contribution < 1.29 is 4.74 Å². The van der Waals surface area contributed by atoms with Gasteiger partial charge in [-0.1, -0.05) is 11.4 Å². The van der Waals surface area contributed by atoms with Crippen LogP contribution in [0.4, 0.5) is 0 Å². The molecule has 0 aliphatic carbocycles. The van der Waals surface area contributed by atoms with E-state index in [2.05, 4.69) is 28.5 Å². The van der Waals surface area contributed by atoms with Gasteiger partial charge in [0.15, 0.2) is 5.75 Å². The van der Waals surface area contributed by atoms with Gasteiger partial charge in [-0.25, -0.2) is 0 Å². The molecule has 0 radical (unpaired) electrons. The minimum Gasteiger partial charge on any atom is -0.493 e. The van der Waals surface area contributed by atoms with Crippen molar-refractivity contribution in [1.29, 1.82) is 0 Å². The Labute approximate surface area is 116 Å². The zero-order valence-corrected chi connectivity index (χ0v) is 12.4. The van der Waals surface area contributed by atoms with E-state index in [9.17, 15) is 0 Å². The Morgan fingerprint density at radius 2 is 2.21 bits per heavy atom. The van der Waals surface area contributed by atoms with E-state index in [0.29, 0.717) is 5.75 Å². The Balaban J connectivity index is 2.48. The lowest BCUT2D eigenvalue weighted by Crippen LogP contribution is -2.19.